The number of carbonyl (C=O) groups excluding carboxylic acids is 7. The van der Waals surface area contributed by atoms with Gasteiger partial charge in [-0.1, -0.05) is 0 Å². The molecule has 1 fully saturated rings. The highest BCUT2D eigenvalue weighted by atomic mass is 16.7. The Bertz CT molecular complexity index is 935. The zero-order chi connectivity index (χ0) is 30.5. The van der Waals surface area contributed by atoms with Crippen LogP contribution in [-0.4, -0.2) is 90.0 Å². The van der Waals surface area contributed by atoms with Crippen molar-refractivity contribution in [3.8, 4) is 0 Å². The monoisotopic (exact) mass is 571 g/mol. The lowest BCUT2D eigenvalue weighted by atomic mass is 10.1. The quantitative estimate of drug-likeness (QED) is 0.149. The highest BCUT2D eigenvalue weighted by Gasteiger charge is 2.33. The number of hydroxylamine groups is 2. The Labute approximate surface area is 233 Å². The second-order valence-electron chi connectivity index (χ2n) is 11.0. The van der Waals surface area contributed by atoms with Crippen molar-refractivity contribution in [1.29, 1.82) is 0 Å². The molecule has 0 bridgehead atoms. The normalized spacial score (nSPS) is 14.5. The van der Waals surface area contributed by atoms with Gasteiger partial charge in [0.05, 0.1) is 31.7 Å². The van der Waals surface area contributed by atoms with Gasteiger partial charge in [-0.25, -0.2) is 4.79 Å². The smallest absolute Gasteiger partial charge is 0.333 e. The summed E-state index contributed by atoms with van der Waals surface area (Å²) in [5.74, 6) is -4.19. The first-order chi connectivity index (χ1) is 18.5. The Balaban J connectivity index is 2.34. The number of nitrogens with one attached hydrogen (secondary N) is 2. The van der Waals surface area contributed by atoms with Crippen LogP contribution in [0.5, 0.6) is 0 Å². The Kier molecular flexibility index (Phi) is 13.9. The minimum absolute atomic E-state index is 0.0161. The summed E-state index contributed by atoms with van der Waals surface area (Å²) in [6, 6.07) is -1.13. The molecule has 0 aromatic rings. The minimum atomic E-state index is -1.13. The summed E-state index contributed by atoms with van der Waals surface area (Å²) < 4.78 is 16.1. The molecule has 14 nitrogen and oxygen atoms in total. The highest BCUT2D eigenvalue weighted by molar-refractivity contribution is 6.01. The molecule has 0 radical (unpaired) electrons. The van der Waals surface area contributed by atoms with Crippen LogP contribution in [0.25, 0.3) is 0 Å². The van der Waals surface area contributed by atoms with Crippen molar-refractivity contribution in [1.82, 2.24) is 15.7 Å². The molecule has 0 aliphatic carbocycles. The van der Waals surface area contributed by atoms with Gasteiger partial charge in [-0.15, -0.1) is 5.06 Å². The zero-order valence-electron chi connectivity index (χ0n) is 24.1. The van der Waals surface area contributed by atoms with Crippen LogP contribution >= 0.6 is 0 Å². The first kappa shape index (κ1) is 34.6. The zero-order valence-corrected chi connectivity index (χ0v) is 24.1. The lowest BCUT2D eigenvalue weighted by Crippen LogP contribution is -2.45. The first-order valence-corrected chi connectivity index (χ1v) is 13.1. The Morgan fingerprint density at radius 2 is 1.45 bits per heavy atom. The molecule has 1 saturated heterocycles. The van der Waals surface area contributed by atoms with E-state index in [4.69, 9.17) is 14.2 Å². The molecule has 1 heterocycles. The molecule has 1 aliphatic heterocycles. The number of hydrogen-bond acceptors (Lipinski definition) is 11. The summed E-state index contributed by atoms with van der Waals surface area (Å²) in [6.45, 7) is 10.3. The fraction of sp³-hybridized carbons (Fsp3) is 0.731. The van der Waals surface area contributed by atoms with E-state index in [0.29, 0.717) is 5.06 Å². The lowest BCUT2D eigenvalue weighted by Gasteiger charge is -2.24. The van der Waals surface area contributed by atoms with Gasteiger partial charge in [0.15, 0.2) is 5.78 Å². The molecule has 4 amide bonds. The second-order valence-corrected chi connectivity index (χ2v) is 11.0. The number of imide groups is 1. The van der Waals surface area contributed by atoms with Gasteiger partial charge in [-0.3, -0.25) is 28.8 Å². The molecule has 1 atom stereocenters. The molecule has 1 aliphatic rings. The number of nitrogens with zero attached hydrogens (tertiary/aromatic N) is 1. The van der Waals surface area contributed by atoms with Crippen LogP contribution in [0.3, 0.4) is 0 Å². The van der Waals surface area contributed by atoms with Crippen molar-refractivity contribution < 1.29 is 52.6 Å². The van der Waals surface area contributed by atoms with E-state index in [1.165, 1.54) is 0 Å². The van der Waals surface area contributed by atoms with E-state index in [2.05, 4.69) is 15.5 Å². The summed E-state index contributed by atoms with van der Waals surface area (Å²) in [6.07, 6.45) is -1.04. The average molecular weight is 572 g/mol. The van der Waals surface area contributed by atoms with Crippen LogP contribution < -0.4 is 10.6 Å². The maximum absolute atomic E-state index is 12.6. The first-order valence-electron chi connectivity index (χ1n) is 13.1. The summed E-state index contributed by atoms with van der Waals surface area (Å²) in [5, 5.41) is 5.47. The summed E-state index contributed by atoms with van der Waals surface area (Å²) in [5.41, 5.74) is -1.34. The van der Waals surface area contributed by atoms with Crippen molar-refractivity contribution >= 4 is 41.4 Å². The maximum Gasteiger partial charge on any atom is 0.333 e. The molecule has 14 heteroatoms. The van der Waals surface area contributed by atoms with Crippen LogP contribution in [-0.2, 0) is 52.6 Å². The van der Waals surface area contributed by atoms with Gasteiger partial charge in [0.2, 0.25) is 11.8 Å². The van der Waals surface area contributed by atoms with E-state index in [1.807, 2.05) is 0 Å². The molecule has 1 rings (SSSR count). The van der Waals surface area contributed by atoms with Gasteiger partial charge in [-0.2, -0.15) is 0 Å². The number of carbonyl (C=O) groups is 7. The van der Waals surface area contributed by atoms with Gasteiger partial charge in [0.25, 0.3) is 11.8 Å². The van der Waals surface area contributed by atoms with Crippen molar-refractivity contribution in [2.45, 2.75) is 97.3 Å². The standard InChI is InChI=1S/C26H41N3O11/c1-25(2,3)38-16-18(30)17(15-24(36)39-26(4,5)6)28-20(32)11-13-37-14-12-27-19(31)7-10-23(35)40-29-21(33)8-9-22(29)34/h17H,7-16H2,1-6H3,(H,27,31)(H,28,32). The van der Waals surface area contributed by atoms with Gasteiger partial charge in [0.1, 0.15) is 18.2 Å². The van der Waals surface area contributed by atoms with Crippen LogP contribution in [0.1, 0.15) is 80.1 Å². The molecule has 0 saturated carbocycles. The predicted molar refractivity (Wildman–Crippen MR) is 138 cm³/mol. The number of rotatable bonds is 16. The van der Waals surface area contributed by atoms with E-state index >= 15 is 0 Å². The van der Waals surface area contributed by atoms with E-state index in [-0.39, 0.29) is 64.9 Å². The maximum atomic E-state index is 12.6. The van der Waals surface area contributed by atoms with E-state index in [9.17, 15) is 33.6 Å². The lowest BCUT2D eigenvalue weighted by molar-refractivity contribution is -0.197. The number of amides is 4. The number of ketones is 1. The third kappa shape index (κ3) is 15.3. The summed E-state index contributed by atoms with van der Waals surface area (Å²) in [4.78, 5) is 88.4. The Morgan fingerprint density at radius 3 is 2.02 bits per heavy atom. The third-order valence-electron chi connectivity index (χ3n) is 4.96. The average Bonchev–Trinajstić information content (AvgIpc) is 3.13. The van der Waals surface area contributed by atoms with Crippen LogP contribution in [0, 0.1) is 0 Å². The number of ether oxygens (including phenoxy) is 3. The second kappa shape index (κ2) is 16.0. The molecular formula is C26H41N3O11. The van der Waals surface area contributed by atoms with Crippen LogP contribution in [0.15, 0.2) is 0 Å². The van der Waals surface area contributed by atoms with Crippen molar-refractivity contribution in [3.63, 3.8) is 0 Å². The minimum Gasteiger partial charge on any atom is -0.460 e. The molecule has 226 valence electrons. The van der Waals surface area contributed by atoms with Gasteiger partial charge >= 0.3 is 11.9 Å². The van der Waals surface area contributed by atoms with Crippen molar-refractivity contribution in [2.24, 2.45) is 0 Å². The number of esters is 1. The summed E-state index contributed by atoms with van der Waals surface area (Å²) >= 11 is 0. The predicted octanol–water partition coefficient (Wildman–Crippen LogP) is 0.498. The number of Topliss-reactive ketones (excluding diaryl/α,β-unsaturated/α-hetero) is 1. The topological polar surface area (TPSA) is 184 Å². The summed E-state index contributed by atoms with van der Waals surface area (Å²) in [7, 11) is 0. The largest absolute Gasteiger partial charge is 0.460 e. The number of hydrogen-bond donors (Lipinski definition) is 2. The van der Waals surface area contributed by atoms with Crippen LogP contribution in [0.2, 0.25) is 0 Å². The van der Waals surface area contributed by atoms with E-state index in [1.54, 1.807) is 41.5 Å². The van der Waals surface area contributed by atoms with E-state index in [0.717, 1.165) is 0 Å². The van der Waals surface area contributed by atoms with Gasteiger partial charge in [0, 0.05) is 32.2 Å². The van der Waals surface area contributed by atoms with Gasteiger partial charge < -0.3 is 29.7 Å². The third-order valence-corrected chi connectivity index (χ3v) is 4.96. The van der Waals surface area contributed by atoms with Crippen molar-refractivity contribution in [3.05, 3.63) is 0 Å². The molecule has 2 N–H and O–H groups in total. The molecule has 1 unspecified atom stereocenters. The van der Waals surface area contributed by atoms with Crippen molar-refractivity contribution in [2.75, 3.05) is 26.4 Å². The fourth-order valence-electron chi connectivity index (χ4n) is 3.09. The molecule has 0 aromatic heterocycles. The Morgan fingerprint density at radius 1 is 0.825 bits per heavy atom. The van der Waals surface area contributed by atoms with Gasteiger partial charge in [-0.05, 0) is 41.5 Å². The molecule has 0 aromatic carbocycles. The highest BCUT2D eigenvalue weighted by Crippen LogP contribution is 2.13. The molecule has 40 heavy (non-hydrogen) atoms. The van der Waals surface area contributed by atoms with Crippen LogP contribution in [0.4, 0.5) is 0 Å². The SMILES string of the molecule is CC(C)(C)OCC(=O)C(CC(=O)OC(C)(C)C)NC(=O)CCOCCNC(=O)CCC(=O)ON1C(=O)CCC1=O. The Hall–Kier alpha value is -3.39. The fourth-order valence-corrected chi connectivity index (χ4v) is 3.09. The van der Waals surface area contributed by atoms with E-state index < -0.39 is 58.6 Å². The molecule has 0 spiro atoms. The molecular weight excluding hydrogens is 530 g/mol.